The molecule has 4 aromatic carbocycles. The lowest BCUT2D eigenvalue weighted by Crippen LogP contribution is -2.22. The van der Waals surface area contributed by atoms with Crippen LogP contribution in [-0.4, -0.2) is 26.7 Å². The Morgan fingerprint density at radius 2 is 1.50 bits per heavy atom. The zero-order chi connectivity index (χ0) is 28.2. The van der Waals surface area contributed by atoms with Gasteiger partial charge in [0.1, 0.15) is 17.7 Å². The number of methoxy groups -OCH3 is 1. The van der Waals surface area contributed by atoms with Gasteiger partial charge in [0.15, 0.2) is 17.2 Å². The van der Waals surface area contributed by atoms with Crippen molar-refractivity contribution in [3.8, 4) is 39.9 Å². The molecule has 0 N–H and O–H groups in total. The number of hydrogen-bond donors (Lipinski definition) is 0. The first-order chi connectivity index (χ1) is 20.7. The molecule has 8 rings (SSSR count). The fraction of sp³-hybridized carbons (Fsp3) is 0.0588. The number of para-hydroxylation sites is 1. The Hall–Kier alpha value is -5.76. The van der Waals surface area contributed by atoms with Crippen LogP contribution in [-0.2, 0) is 0 Å². The fourth-order valence-electron chi connectivity index (χ4n) is 5.62. The van der Waals surface area contributed by atoms with Crippen molar-refractivity contribution in [1.82, 2.24) is 19.6 Å². The molecule has 8 nitrogen and oxygen atoms in total. The third-order valence-corrected chi connectivity index (χ3v) is 7.66. The average molecular weight is 551 g/mol. The largest absolute Gasteiger partial charge is 0.497 e. The number of ether oxygens (including phenoxy) is 2. The molecule has 1 unspecified atom stereocenters. The maximum atomic E-state index is 13.6. The first-order valence-corrected chi connectivity index (χ1v) is 13.5. The minimum atomic E-state index is -0.566. The Kier molecular flexibility index (Phi) is 5.40. The number of fused-ring (bicyclic) bond motifs is 6. The Morgan fingerprint density at radius 3 is 2.29 bits per heavy atom. The molecule has 0 saturated heterocycles. The van der Waals surface area contributed by atoms with E-state index in [2.05, 4.69) is 29.2 Å². The second kappa shape index (κ2) is 9.42. The molecule has 0 spiro atoms. The van der Waals surface area contributed by atoms with Gasteiger partial charge in [-0.3, -0.25) is 0 Å². The van der Waals surface area contributed by atoms with E-state index in [0.717, 1.165) is 22.3 Å². The maximum absolute atomic E-state index is 13.6. The Bertz CT molecular complexity index is 2170. The van der Waals surface area contributed by atoms with Gasteiger partial charge in [0.05, 0.1) is 29.5 Å². The van der Waals surface area contributed by atoms with E-state index < -0.39 is 11.5 Å². The SMILES string of the molecule is COc1ccc(C2c3c(c4ccccc4oc3=O)Oc3ncn4nc(-c5ccc(-c6ccccc6)cc5)nc4c32)cc1. The first-order valence-electron chi connectivity index (χ1n) is 13.5. The van der Waals surface area contributed by atoms with Gasteiger partial charge in [0, 0.05) is 5.56 Å². The number of hydrogen-bond acceptors (Lipinski definition) is 7. The van der Waals surface area contributed by atoms with Crippen LogP contribution in [0.4, 0.5) is 0 Å². The smallest absolute Gasteiger partial charge is 0.344 e. The van der Waals surface area contributed by atoms with Crippen molar-refractivity contribution >= 4 is 16.6 Å². The summed E-state index contributed by atoms with van der Waals surface area (Å²) < 4.78 is 19.2. The average Bonchev–Trinajstić information content (AvgIpc) is 3.49. The number of rotatable bonds is 4. The molecular formula is C34H22N4O4. The van der Waals surface area contributed by atoms with Crippen LogP contribution in [0.2, 0.25) is 0 Å². The van der Waals surface area contributed by atoms with E-state index >= 15 is 0 Å². The topological polar surface area (TPSA) is 91.8 Å². The quantitative estimate of drug-likeness (QED) is 0.221. The zero-order valence-corrected chi connectivity index (χ0v) is 22.4. The lowest BCUT2D eigenvalue weighted by atomic mass is 9.84. The molecule has 0 fully saturated rings. The summed E-state index contributed by atoms with van der Waals surface area (Å²) in [6, 6.07) is 33.2. The highest BCUT2D eigenvalue weighted by Gasteiger charge is 2.37. The molecule has 0 radical (unpaired) electrons. The zero-order valence-electron chi connectivity index (χ0n) is 22.4. The van der Waals surface area contributed by atoms with E-state index in [1.807, 2.05) is 72.8 Å². The van der Waals surface area contributed by atoms with E-state index in [0.29, 0.717) is 50.9 Å². The molecule has 1 aliphatic rings. The Balaban J connectivity index is 1.32. The molecule has 8 heteroatoms. The first kappa shape index (κ1) is 24.1. The van der Waals surface area contributed by atoms with Crippen molar-refractivity contribution in [2.75, 3.05) is 7.11 Å². The lowest BCUT2D eigenvalue weighted by molar-refractivity contribution is 0.414. The summed E-state index contributed by atoms with van der Waals surface area (Å²) in [5.74, 6) is 1.48. The summed E-state index contributed by atoms with van der Waals surface area (Å²) in [7, 11) is 1.62. The molecular weight excluding hydrogens is 528 g/mol. The van der Waals surface area contributed by atoms with Crippen LogP contribution in [0.1, 0.15) is 22.6 Å². The van der Waals surface area contributed by atoms with E-state index in [1.54, 1.807) is 24.0 Å². The van der Waals surface area contributed by atoms with E-state index in [-0.39, 0.29) is 0 Å². The van der Waals surface area contributed by atoms with Gasteiger partial charge in [-0.25, -0.2) is 19.3 Å². The molecule has 0 saturated carbocycles. The van der Waals surface area contributed by atoms with Gasteiger partial charge in [0.25, 0.3) is 0 Å². The predicted octanol–water partition coefficient (Wildman–Crippen LogP) is 6.86. The number of nitrogens with zero attached hydrogens (tertiary/aromatic N) is 4. The monoisotopic (exact) mass is 550 g/mol. The Labute approximate surface area is 239 Å². The van der Waals surface area contributed by atoms with Crippen LogP contribution < -0.4 is 15.1 Å². The minimum Gasteiger partial charge on any atom is -0.497 e. The fourth-order valence-corrected chi connectivity index (χ4v) is 5.62. The van der Waals surface area contributed by atoms with Gasteiger partial charge in [-0.2, -0.15) is 0 Å². The third kappa shape index (κ3) is 3.77. The molecule has 202 valence electrons. The number of benzene rings is 4. The molecule has 7 aromatic rings. The van der Waals surface area contributed by atoms with Gasteiger partial charge in [-0.05, 0) is 41.0 Å². The predicted molar refractivity (Wildman–Crippen MR) is 158 cm³/mol. The van der Waals surface area contributed by atoms with Crippen LogP contribution in [0.15, 0.2) is 119 Å². The molecule has 0 amide bonds. The molecule has 1 atom stereocenters. The lowest BCUT2D eigenvalue weighted by Gasteiger charge is -2.27. The summed E-state index contributed by atoms with van der Waals surface area (Å²) in [6.45, 7) is 0. The third-order valence-electron chi connectivity index (χ3n) is 7.66. The maximum Gasteiger partial charge on any atom is 0.344 e. The van der Waals surface area contributed by atoms with Crippen LogP contribution in [0.25, 0.3) is 39.1 Å². The van der Waals surface area contributed by atoms with Gasteiger partial charge in [0.2, 0.25) is 5.88 Å². The number of aromatic nitrogens is 4. The highest BCUT2D eigenvalue weighted by molar-refractivity contribution is 5.87. The van der Waals surface area contributed by atoms with Crippen LogP contribution >= 0.6 is 0 Å². The van der Waals surface area contributed by atoms with E-state index in [1.165, 1.54) is 0 Å². The van der Waals surface area contributed by atoms with E-state index in [9.17, 15) is 4.79 Å². The van der Waals surface area contributed by atoms with Crippen molar-refractivity contribution in [3.05, 3.63) is 137 Å². The summed E-state index contributed by atoms with van der Waals surface area (Å²) in [4.78, 5) is 23.2. The second-order valence-electron chi connectivity index (χ2n) is 10.0. The van der Waals surface area contributed by atoms with Crippen molar-refractivity contribution in [3.63, 3.8) is 0 Å². The molecule has 42 heavy (non-hydrogen) atoms. The molecule has 4 heterocycles. The summed E-state index contributed by atoms with van der Waals surface area (Å²) >= 11 is 0. The second-order valence-corrected chi connectivity index (χ2v) is 10.0. The summed E-state index contributed by atoms with van der Waals surface area (Å²) in [5, 5.41) is 5.44. The molecule has 0 aliphatic carbocycles. The highest BCUT2D eigenvalue weighted by atomic mass is 16.5. The van der Waals surface area contributed by atoms with Crippen LogP contribution in [0.5, 0.6) is 17.4 Å². The van der Waals surface area contributed by atoms with Gasteiger partial charge in [-0.1, -0.05) is 78.9 Å². The van der Waals surface area contributed by atoms with Gasteiger partial charge < -0.3 is 13.9 Å². The van der Waals surface area contributed by atoms with Crippen molar-refractivity contribution in [2.45, 2.75) is 5.92 Å². The van der Waals surface area contributed by atoms with Crippen molar-refractivity contribution in [2.24, 2.45) is 0 Å². The van der Waals surface area contributed by atoms with Crippen molar-refractivity contribution < 1.29 is 13.9 Å². The molecule has 1 aliphatic heterocycles. The van der Waals surface area contributed by atoms with Crippen molar-refractivity contribution in [1.29, 1.82) is 0 Å². The minimum absolute atomic E-state index is 0.366. The molecule has 3 aromatic heterocycles. The highest BCUT2D eigenvalue weighted by Crippen LogP contribution is 2.49. The standard InChI is InChI=1S/C34H22N4O4/c1-40-24-17-15-22(16-18-24)27-28-30(25-9-5-6-10-26(25)41-34(28)39)42-33-29(27)32-36-31(37-38(32)19-35-33)23-13-11-21(12-14-23)20-7-3-2-4-8-20/h2-19,27H,1H3. The van der Waals surface area contributed by atoms with Crippen LogP contribution in [0, 0.1) is 0 Å². The van der Waals surface area contributed by atoms with Gasteiger partial charge in [-0.15, -0.1) is 5.10 Å². The van der Waals surface area contributed by atoms with Crippen LogP contribution in [0.3, 0.4) is 0 Å². The summed E-state index contributed by atoms with van der Waals surface area (Å²) in [6.07, 6.45) is 1.59. The normalized spacial score (nSPS) is 13.9. The molecule has 0 bridgehead atoms. The van der Waals surface area contributed by atoms with E-state index in [4.69, 9.17) is 24.0 Å². The van der Waals surface area contributed by atoms with Gasteiger partial charge >= 0.3 is 5.63 Å². The Morgan fingerprint density at radius 1 is 0.786 bits per heavy atom. The summed E-state index contributed by atoms with van der Waals surface area (Å²) in [5.41, 5.74) is 5.47.